The van der Waals surface area contributed by atoms with Crippen LogP contribution in [0.2, 0.25) is 0 Å². The van der Waals surface area contributed by atoms with Crippen molar-refractivity contribution in [2.75, 3.05) is 15.5 Å². The van der Waals surface area contributed by atoms with Gasteiger partial charge in [-0.05, 0) is 42.5 Å². The Morgan fingerprint density at radius 1 is 0.903 bits per heavy atom. The summed E-state index contributed by atoms with van der Waals surface area (Å²) < 4.78 is 25.3. The molecule has 0 saturated carbocycles. The van der Waals surface area contributed by atoms with E-state index < -0.39 is 19.7 Å². The number of carbonyl (C=O) groups is 1. The summed E-state index contributed by atoms with van der Waals surface area (Å²) in [4.78, 5) is 23.5. The number of hydrogen-bond acceptors (Lipinski definition) is 8. The van der Waals surface area contributed by atoms with Crippen molar-refractivity contribution in [3.63, 3.8) is 0 Å². The highest BCUT2D eigenvalue weighted by Gasteiger charge is 2.30. The Bertz CT molecular complexity index is 1160. The van der Waals surface area contributed by atoms with Gasteiger partial charge in [-0.3, -0.25) is 25.4 Å². The van der Waals surface area contributed by atoms with Gasteiger partial charge in [-0.25, -0.2) is 13.4 Å². The number of nitrogens with one attached hydrogen (secondary N) is 4. The van der Waals surface area contributed by atoms with Gasteiger partial charge in [0.05, 0.1) is 10.6 Å². The third kappa shape index (κ3) is 6.56. The molecule has 1 aromatic carbocycles. The highest BCUT2D eigenvalue weighted by molar-refractivity contribution is 7.92. The van der Waals surface area contributed by atoms with Crippen molar-refractivity contribution in [3.05, 3.63) is 61.1 Å². The van der Waals surface area contributed by atoms with E-state index in [1.165, 1.54) is 30.7 Å². The molecular formula is C17H14Cl3N7O3S. The number of halogens is 3. The van der Waals surface area contributed by atoms with E-state index in [0.29, 0.717) is 17.2 Å². The van der Waals surface area contributed by atoms with Crippen molar-refractivity contribution in [2.45, 2.75) is 8.69 Å². The van der Waals surface area contributed by atoms with E-state index in [1.807, 2.05) is 0 Å². The number of alkyl halides is 3. The molecule has 0 saturated heterocycles. The van der Waals surface area contributed by atoms with Crippen LogP contribution >= 0.6 is 34.8 Å². The van der Waals surface area contributed by atoms with Crippen LogP contribution in [0.4, 0.5) is 23.1 Å². The predicted molar refractivity (Wildman–Crippen MR) is 119 cm³/mol. The Morgan fingerprint density at radius 3 is 2.23 bits per heavy atom. The minimum Gasteiger partial charge on any atom is -0.340 e. The molecule has 0 atom stereocenters. The summed E-state index contributed by atoms with van der Waals surface area (Å²) >= 11 is 16.4. The molecule has 3 aromatic rings. The Hall–Kier alpha value is -2.86. The summed E-state index contributed by atoms with van der Waals surface area (Å²) in [6.45, 7) is 0. The molecule has 2 heterocycles. The number of pyridine rings is 1. The largest absolute Gasteiger partial charge is 0.340 e. The average molecular weight is 503 g/mol. The fourth-order valence-electron chi connectivity index (χ4n) is 2.17. The molecule has 0 aliphatic heterocycles. The van der Waals surface area contributed by atoms with Crippen LogP contribution in [0.25, 0.3) is 0 Å². The average Bonchev–Trinajstić information content (AvgIpc) is 2.72. The molecule has 3 rings (SSSR count). The van der Waals surface area contributed by atoms with Gasteiger partial charge in [-0.1, -0.05) is 34.8 Å². The Morgan fingerprint density at radius 2 is 1.58 bits per heavy atom. The summed E-state index contributed by atoms with van der Waals surface area (Å²) in [5.41, 5.74) is 5.55. The van der Waals surface area contributed by atoms with Crippen molar-refractivity contribution in [3.8, 4) is 0 Å². The second-order valence-electron chi connectivity index (χ2n) is 5.83. The summed E-state index contributed by atoms with van der Waals surface area (Å²) in [6.07, 6.45) is 4.40. The van der Waals surface area contributed by atoms with Crippen LogP contribution in [-0.4, -0.2) is 33.1 Å². The minimum absolute atomic E-state index is 0.0355. The number of hydrogen-bond donors (Lipinski definition) is 4. The molecule has 0 unspecified atom stereocenters. The minimum atomic E-state index is -3.75. The molecule has 162 valence electrons. The van der Waals surface area contributed by atoms with E-state index in [2.05, 4.69) is 35.8 Å². The van der Waals surface area contributed by atoms with Gasteiger partial charge < -0.3 is 5.32 Å². The summed E-state index contributed by atoms with van der Waals surface area (Å²) in [5.74, 6) is -0.504. The molecule has 0 aliphatic rings. The van der Waals surface area contributed by atoms with Crippen LogP contribution in [0.1, 0.15) is 0 Å². The highest BCUT2D eigenvalue weighted by Crippen LogP contribution is 2.25. The van der Waals surface area contributed by atoms with Gasteiger partial charge in [0.1, 0.15) is 5.82 Å². The lowest BCUT2D eigenvalue weighted by molar-refractivity contribution is -0.119. The number of rotatable bonds is 7. The monoisotopic (exact) mass is 501 g/mol. The van der Waals surface area contributed by atoms with Gasteiger partial charge in [-0.2, -0.15) is 4.98 Å². The van der Waals surface area contributed by atoms with Crippen LogP contribution in [0, 0.1) is 0 Å². The molecule has 2 aromatic heterocycles. The first-order valence-electron chi connectivity index (χ1n) is 8.40. The van der Waals surface area contributed by atoms with Gasteiger partial charge in [0, 0.05) is 24.3 Å². The summed E-state index contributed by atoms with van der Waals surface area (Å²) in [5, 5.41) is 2.99. The number of nitrogens with zero attached hydrogens (tertiary/aromatic N) is 3. The van der Waals surface area contributed by atoms with Gasteiger partial charge >= 0.3 is 0 Å². The fraction of sp³-hybridized carbons (Fsp3) is 0.0588. The molecular weight excluding hydrogens is 489 g/mol. The van der Waals surface area contributed by atoms with E-state index in [1.54, 1.807) is 30.3 Å². The number of amides is 1. The zero-order valence-corrected chi connectivity index (χ0v) is 18.5. The van der Waals surface area contributed by atoms with Crippen molar-refractivity contribution in [1.82, 2.24) is 20.4 Å². The van der Waals surface area contributed by atoms with Crippen molar-refractivity contribution in [2.24, 2.45) is 0 Å². The SMILES string of the molecule is O=C(NNc1nccc(Nc2ccc(S(=O)(=O)Nc3ccncc3)cc2)n1)C(Cl)(Cl)Cl. The zero-order valence-electron chi connectivity index (χ0n) is 15.4. The lowest BCUT2D eigenvalue weighted by Gasteiger charge is -2.13. The van der Waals surface area contributed by atoms with Crippen LogP contribution in [0.3, 0.4) is 0 Å². The van der Waals surface area contributed by atoms with E-state index in [-0.39, 0.29) is 10.8 Å². The van der Waals surface area contributed by atoms with E-state index >= 15 is 0 Å². The van der Waals surface area contributed by atoms with Crippen LogP contribution in [-0.2, 0) is 14.8 Å². The number of hydrazine groups is 1. The van der Waals surface area contributed by atoms with E-state index in [9.17, 15) is 13.2 Å². The van der Waals surface area contributed by atoms with E-state index in [4.69, 9.17) is 34.8 Å². The number of benzene rings is 1. The maximum Gasteiger partial charge on any atom is 0.290 e. The third-order valence-corrected chi connectivity index (χ3v) is 5.48. The smallest absolute Gasteiger partial charge is 0.290 e. The third-order valence-electron chi connectivity index (χ3n) is 3.57. The Kier molecular flexibility index (Phi) is 7.01. The molecule has 0 radical (unpaired) electrons. The van der Waals surface area contributed by atoms with Crippen molar-refractivity contribution < 1.29 is 13.2 Å². The first-order chi connectivity index (χ1) is 14.6. The van der Waals surface area contributed by atoms with Gasteiger partial charge in [0.15, 0.2) is 0 Å². The molecule has 0 fully saturated rings. The van der Waals surface area contributed by atoms with Gasteiger partial charge in [0.25, 0.3) is 19.7 Å². The predicted octanol–water partition coefficient (Wildman–Crippen LogP) is 3.23. The number of carbonyl (C=O) groups excluding carboxylic acids is 1. The fourth-order valence-corrected chi connectivity index (χ4v) is 3.37. The second-order valence-corrected chi connectivity index (χ2v) is 9.80. The lowest BCUT2D eigenvalue weighted by Crippen LogP contribution is -2.38. The molecule has 10 nitrogen and oxygen atoms in total. The first kappa shape index (κ1) is 22.8. The van der Waals surface area contributed by atoms with Crippen molar-refractivity contribution >= 4 is 73.9 Å². The van der Waals surface area contributed by atoms with Crippen LogP contribution in [0.5, 0.6) is 0 Å². The van der Waals surface area contributed by atoms with Crippen LogP contribution < -0.4 is 20.9 Å². The molecule has 0 spiro atoms. The normalized spacial score (nSPS) is 11.5. The quantitative estimate of drug-likeness (QED) is 0.285. The Labute approximate surface area is 192 Å². The number of sulfonamides is 1. The first-order valence-corrected chi connectivity index (χ1v) is 11.0. The molecule has 31 heavy (non-hydrogen) atoms. The van der Waals surface area contributed by atoms with Crippen LogP contribution in [0.15, 0.2) is 66.0 Å². The lowest BCUT2D eigenvalue weighted by atomic mass is 10.3. The summed E-state index contributed by atoms with van der Waals surface area (Å²) in [6, 6.07) is 10.7. The van der Waals surface area contributed by atoms with Gasteiger partial charge in [-0.15, -0.1) is 0 Å². The second kappa shape index (κ2) is 9.52. The molecule has 0 bridgehead atoms. The number of anilines is 4. The molecule has 4 N–H and O–H groups in total. The highest BCUT2D eigenvalue weighted by atomic mass is 35.6. The maximum atomic E-state index is 12.5. The topological polar surface area (TPSA) is 138 Å². The summed E-state index contributed by atoms with van der Waals surface area (Å²) in [7, 11) is -3.75. The van der Waals surface area contributed by atoms with Crippen molar-refractivity contribution in [1.29, 1.82) is 0 Å². The van der Waals surface area contributed by atoms with E-state index in [0.717, 1.165) is 0 Å². The maximum absolute atomic E-state index is 12.5. The zero-order chi connectivity index (χ0) is 22.5. The standard InChI is InChI=1S/C17H14Cl3N7O3S/c18-17(19,20)15(28)25-26-16-22-10-7-14(24-16)23-11-1-3-13(4-2-11)31(29,30)27-12-5-8-21-9-6-12/h1-10H,(H,21,27)(H,25,28)(H2,22,23,24,26). The van der Waals surface area contributed by atoms with Gasteiger partial charge in [0.2, 0.25) is 5.95 Å². The molecule has 0 aliphatic carbocycles. The number of aromatic nitrogens is 3. The Balaban J connectivity index is 1.65. The molecule has 1 amide bonds. The molecule has 14 heteroatoms.